The molecule has 0 fully saturated rings. The number of thiophene rings is 1. The highest BCUT2D eigenvalue weighted by molar-refractivity contribution is 7.99. The number of alkyl halides is 3. The lowest BCUT2D eigenvalue weighted by Gasteiger charge is -2.24. The number of nitrogens with two attached hydrogens (primary N) is 1. The largest absolute Gasteiger partial charge is 0.573 e. The number of carbonyl (C=O) groups excluding carboxylic acids is 3. The zero-order valence-corrected chi connectivity index (χ0v) is 35.8. The average molecular weight is 905 g/mol. The number of carbonyl (C=O) groups is 3. The van der Waals surface area contributed by atoms with Crippen LogP contribution in [-0.2, 0) is 9.59 Å². The maximum Gasteiger partial charge on any atom is 0.573 e. The van der Waals surface area contributed by atoms with Crippen LogP contribution in [0.25, 0.3) is 17.0 Å². The third-order valence-electron chi connectivity index (χ3n) is 9.33. The number of rotatable bonds is 14. The fraction of sp³-hybridized carbons (Fsp3) is 0.238. The van der Waals surface area contributed by atoms with Crippen LogP contribution in [0, 0.1) is 24.7 Å². The van der Waals surface area contributed by atoms with E-state index in [-0.39, 0.29) is 65.8 Å². The van der Waals surface area contributed by atoms with E-state index in [1.807, 2.05) is 26.0 Å². The number of aromatic nitrogens is 2. The first-order chi connectivity index (χ1) is 29.5. The number of thioether (sulfide) groups is 1. The van der Waals surface area contributed by atoms with Crippen molar-refractivity contribution in [2.75, 3.05) is 30.3 Å². The van der Waals surface area contributed by atoms with Gasteiger partial charge in [0.25, 0.3) is 5.91 Å². The van der Waals surface area contributed by atoms with E-state index in [1.54, 1.807) is 43.3 Å². The Hall–Kier alpha value is -6.31. The first kappa shape index (κ1) is 45.2. The Morgan fingerprint density at radius 3 is 2.37 bits per heavy atom. The van der Waals surface area contributed by atoms with Crippen LogP contribution in [0.3, 0.4) is 0 Å². The monoisotopic (exact) mass is 904 g/mol. The standard InChI is InChI=1S/C42H40ClF3N10O4S2/c1-22-23(2)62-40-36(22)37(25-12-14-26(43)15-13-25)53-32(38(49)56(40)24(3)47)19-34(57)50-16-17-51-35(58)21-61-41-54-30-10-6-4-8-28(30)31(55-41)18-27(48)20-52-39(59)29-9-5-7-11-33(29)60-42(44,45)46/h4-15,18,32,47,49H,16-17,19-21,48H2,1-3H3,(H,50,57)(H,51,58)(H,52,59)/t32-/m0/s1. The van der Waals surface area contributed by atoms with Gasteiger partial charge in [0.2, 0.25) is 11.8 Å². The number of hydrogen-bond donors (Lipinski definition) is 6. The fourth-order valence-corrected chi connectivity index (χ4v) is 8.38. The number of nitrogens with one attached hydrogen (secondary N) is 5. The van der Waals surface area contributed by atoms with Crippen LogP contribution in [0.2, 0.25) is 5.02 Å². The smallest absolute Gasteiger partial charge is 0.405 e. The topological polar surface area (TPSA) is 212 Å². The van der Waals surface area contributed by atoms with Crippen molar-refractivity contribution in [3.8, 4) is 5.75 Å². The third kappa shape index (κ3) is 11.1. The molecule has 322 valence electrons. The lowest BCUT2D eigenvalue weighted by molar-refractivity contribution is -0.274. The summed E-state index contributed by atoms with van der Waals surface area (Å²) in [6.07, 6.45) is -3.66. The van der Waals surface area contributed by atoms with E-state index in [4.69, 9.17) is 33.1 Å². The average Bonchev–Trinajstić information content (AvgIpc) is 3.44. The highest BCUT2D eigenvalue weighted by Gasteiger charge is 2.35. The van der Waals surface area contributed by atoms with Crippen molar-refractivity contribution in [3.05, 3.63) is 116 Å². The van der Waals surface area contributed by atoms with Gasteiger partial charge >= 0.3 is 6.36 Å². The molecule has 3 heterocycles. The van der Waals surface area contributed by atoms with Gasteiger partial charge in [-0.2, -0.15) is 0 Å². The third-order valence-corrected chi connectivity index (χ3v) is 11.6. The summed E-state index contributed by atoms with van der Waals surface area (Å²) in [5.74, 6) is -2.19. The summed E-state index contributed by atoms with van der Waals surface area (Å²) in [6, 6.07) is 18.3. The van der Waals surface area contributed by atoms with Gasteiger partial charge in [-0.05, 0) is 62.7 Å². The molecule has 62 heavy (non-hydrogen) atoms. The SMILES string of the molecule is CC(=N)N1C(=N)[C@H](CC(=O)NCCNC(=O)CSc2nc(C=C(N)CNC(=O)c3ccccc3OC(F)(F)F)c3ccccc3n2)N=C(c2ccc(Cl)cc2)c2c1sc(C)c2C. The van der Waals surface area contributed by atoms with Gasteiger partial charge in [-0.1, -0.05) is 65.8 Å². The van der Waals surface area contributed by atoms with E-state index in [0.29, 0.717) is 32.3 Å². The summed E-state index contributed by atoms with van der Waals surface area (Å²) in [5, 5.41) is 27.8. The zero-order chi connectivity index (χ0) is 44.7. The molecule has 6 rings (SSSR count). The number of fused-ring (bicyclic) bond motifs is 2. The lowest BCUT2D eigenvalue weighted by Crippen LogP contribution is -2.43. The number of ether oxygens (including phenoxy) is 1. The second-order valence-corrected chi connectivity index (χ2v) is 16.4. The minimum Gasteiger partial charge on any atom is -0.405 e. The summed E-state index contributed by atoms with van der Waals surface area (Å²) in [6.45, 7) is 5.52. The molecule has 5 aromatic rings. The molecule has 0 aliphatic carbocycles. The van der Waals surface area contributed by atoms with Crippen LogP contribution in [0.4, 0.5) is 18.2 Å². The first-order valence-electron chi connectivity index (χ1n) is 18.9. The van der Waals surface area contributed by atoms with Gasteiger partial charge in [0, 0.05) is 45.2 Å². The summed E-state index contributed by atoms with van der Waals surface area (Å²) in [5.41, 5.74) is 10.1. The molecule has 0 saturated carbocycles. The van der Waals surface area contributed by atoms with Gasteiger partial charge in [-0.3, -0.25) is 35.1 Å². The van der Waals surface area contributed by atoms with Crippen LogP contribution in [0.1, 0.15) is 51.0 Å². The van der Waals surface area contributed by atoms with E-state index in [1.165, 1.54) is 40.5 Å². The van der Waals surface area contributed by atoms with E-state index in [0.717, 1.165) is 39.4 Å². The minimum atomic E-state index is -4.99. The van der Waals surface area contributed by atoms with Crippen LogP contribution in [-0.4, -0.2) is 82.9 Å². The quantitative estimate of drug-likeness (QED) is 0.0222. The van der Waals surface area contributed by atoms with Crippen molar-refractivity contribution in [2.45, 2.75) is 44.8 Å². The van der Waals surface area contributed by atoms with Gasteiger partial charge in [-0.25, -0.2) is 9.97 Å². The lowest BCUT2D eigenvalue weighted by atomic mass is 9.99. The van der Waals surface area contributed by atoms with Crippen molar-refractivity contribution < 1.29 is 32.3 Å². The van der Waals surface area contributed by atoms with Crippen molar-refractivity contribution in [2.24, 2.45) is 10.7 Å². The van der Waals surface area contributed by atoms with Crippen LogP contribution in [0.5, 0.6) is 5.75 Å². The maximum atomic E-state index is 13.3. The summed E-state index contributed by atoms with van der Waals surface area (Å²) in [7, 11) is 0. The van der Waals surface area contributed by atoms with E-state index in [9.17, 15) is 27.6 Å². The van der Waals surface area contributed by atoms with Gasteiger partial charge in [-0.15, -0.1) is 24.5 Å². The van der Waals surface area contributed by atoms with Crippen LogP contribution in [0.15, 0.2) is 88.6 Å². The number of aliphatic imine (C=N–C) groups is 1. The van der Waals surface area contributed by atoms with Gasteiger partial charge in [0.15, 0.2) is 5.16 Å². The molecule has 1 atom stereocenters. The number of halogens is 4. The predicted molar refractivity (Wildman–Crippen MR) is 237 cm³/mol. The number of aryl methyl sites for hydroxylation is 1. The number of anilines is 1. The molecule has 0 saturated heterocycles. The molecule has 0 spiro atoms. The number of benzene rings is 3. The molecule has 20 heteroatoms. The molecular weight excluding hydrogens is 865 g/mol. The first-order valence-corrected chi connectivity index (χ1v) is 21.1. The highest BCUT2D eigenvalue weighted by Crippen LogP contribution is 2.40. The van der Waals surface area contributed by atoms with E-state index in [2.05, 4.69) is 30.7 Å². The Kier molecular flexibility index (Phi) is 14.3. The van der Waals surface area contributed by atoms with E-state index < -0.39 is 30.0 Å². The summed E-state index contributed by atoms with van der Waals surface area (Å²) >= 11 is 8.70. The number of amidine groups is 2. The van der Waals surface area contributed by atoms with Crippen molar-refractivity contribution in [1.29, 1.82) is 10.8 Å². The van der Waals surface area contributed by atoms with Crippen molar-refractivity contribution >= 4 is 91.8 Å². The van der Waals surface area contributed by atoms with Gasteiger partial charge < -0.3 is 26.4 Å². The van der Waals surface area contributed by atoms with Crippen molar-refractivity contribution in [1.82, 2.24) is 25.9 Å². The number of para-hydroxylation sites is 2. The van der Waals surface area contributed by atoms with Crippen LogP contribution < -0.4 is 31.3 Å². The molecule has 0 unspecified atom stereocenters. The molecule has 14 nitrogen and oxygen atoms in total. The number of hydrogen-bond acceptors (Lipinski definition) is 12. The Morgan fingerprint density at radius 1 is 0.984 bits per heavy atom. The highest BCUT2D eigenvalue weighted by atomic mass is 35.5. The molecule has 1 aliphatic rings. The Morgan fingerprint density at radius 2 is 1.66 bits per heavy atom. The molecule has 7 N–H and O–H groups in total. The molecule has 3 aromatic carbocycles. The Balaban J connectivity index is 1.05. The van der Waals surface area contributed by atoms with E-state index >= 15 is 0 Å². The normalized spacial score (nSPS) is 14.1. The predicted octanol–water partition coefficient (Wildman–Crippen LogP) is 7.00. The molecule has 1 aliphatic heterocycles. The Labute approximate surface area is 367 Å². The Bertz CT molecular complexity index is 2620. The second kappa shape index (κ2) is 19.6. The van der Waals surface area contributed by atoms with Gasteiger partial charge in [0.05, 0.1) is 41.2 Å². The van der Waals surface area contributed by atoms with Gasteiger partial charge in [0.1, 0.15) is 28.5 Å². The van der Waals surface area contributed by atoms with Crippen molar-refractivity contribution in [3.63, 3.8) is 0 Å². The number of nitrogens with zero attached hydrogens (tertiary/aromatic N) is 4. The van der Waals surface area contributed by atoms with Crippen LogP contribution >= 0.6 is 34.7 Å². The molecular formula is C42H40ClF3N10O4S2. The molecule has 3 amide bonds. The fourth-order valence-electron chi connectivity index (χ4n) is 6.35. The molecule has 0 radical (unpaired) electrons. The number of amides is 3. The molecule has 2 aromatic heterocycles. The summed E-state index contributed by atoms with van der Waals surface area (Å²) < 4.78 is 42.5. The minimum absolute atomic E-state index is 0.00605. The molecule has 0 bridgehead atoms. The zero-order valence-electron chi connectivity index (χ0n) is 33.4. The second-order valence-electron chi connectivity index (χ2n) is 13.8. The maximum absolute atomic E-state index is 13.3. The summed E-state index contributed by atoms with van der Waals surface area (Å²) in [4.78, 5) is 55.4.